The number of carbonyl (C=O) groups is 1. The second-order valence-electron chi connectivity index (χ2n) is 6.02. The smallest absolute Gasteiger partial charge is 0.246 e. The minimum Gasteiger partial charge on any atom is -0.390 e. The fourth-order valence-electron chi connectivity index (χ4n) is 2.52. The van der Waals surface area contributed by atoms with Crippen molar-refractivity contribution in [3.8, 4) is 0 Å². The van der Waals surface area contributed by atoms with Gasteiger partial charge in [0, 0.05) is 19.5 Å². The average Bonchev–Trinajstić information content (AvgIpc) is 2.50. The van der Waals surface area contributed by atoms with Gasteiger partial charge in [-0.25, -0.2) is 0 Å². The van der Waals surface area contributed by atoms with E-state index >= 15 is 0 Å². The molecule has 1 fully saturated rings. The number of hydrogen-bond acceptors (Lipinski definition) is 5. The molecule has 0 saturated carbocycles. The van der Waals surface area contributed by atoms with E-state index in [0.29, 0.717) is 13.1 Å². The van der Waals surface area contributed by atoms with Crippen LogP contribution >= 0.6 is 0 Å². The number of hydrogen-bond donors (Lipinski definition) is 2. The van der Waals surface area contributed by atoms with Crippen molar-refractivity contribution < 1.29 is 24.5 Å². The van der Waals surface area contributed by atoms with Crippen molar-refractivity contribution in [1.82, 2.24) is 4.90 Å². The zero-order valence-electron chi connectivity index (χ0n) is 14.6. The number of rotatable bonds is 8. The highest BCUT2D eigenvalue weighted by molar-refractivity contribution is 5.87. The lowest BCUT2D eigenvalue weighted by Gasteiger charge is -2.36. The lowest BCUT2D eigenvalue weighted by Crippen LogP contribution is -2.48. The molecule has 0 aromatic carbocycles. The molecular formula is C17H31NO5. The first kappa shape index (κ1) is 20.1. The molecule has 1 heterocycles. The number of ether oxygens (including phenoxy) is 2. The highest BCUT2D eigenvalue weighted by Gasteiger charge is 2.35. The van der Waals surface area contributed by atoms with E-state index in [1.807, 2.05) is 26.8 Å². The number of nitrogens with zero attached hydrogens (tertiary/aromatic N) is 1. The standard InChI is InChI=1S/C17H31NO5/c1-5-18(6-2)16(21)10-8-7-9-12(3)22-17-15(20)11-14(19)13(4)23-17/h8,10,12-15,17,19-20H,5-7,9,11H2,1-4H3/b10-8+/t12-,13+,14-,15-,17?/m1/s1. The predicted molar refractivity (Wildman–Crippen MR) is 87.8 cm³/mol. The molecule has 1 aliphatic rings. The zero-order chi connectivity index (χ0) is 17.4. The summed E-state index contributed by atoms with van der Waals surface area (Å²) in [5, 5.41) is 19.5. The van der Waals surface area contributed by atoms with Crippen molar-refractivity contribution in [2.75, 3.05) is 13.1 Å². The van der Waals surface area contributed by atoms with Crippen LogP contribution in [0.4, 0.5) is 0 Å². The topological polar surface area (TPSA) is 79.2 Å². The van der Waals surface area contributed by atoms with Gasteiger partial charge in [0.15, 0.2) is 6.29 Å². The lowest BCUT2D eigenvalue weighted by atomic mass is 10.0. The number of allylic oxidation sites excluding steroid dienone is 1. The van der Waals surface area contributed by atoms with Gasteiger partial charge in [-0.15, -0.1) is 0 Å². The molecule has 5 atom stereocenters. The summed E-state index contributed by atoms with van der Waals surface area (Å²) in [5.74, 6) is 0.0254. The Hall–Kier alpha value is -0.950. The highest BCUT2D eigenvalue weighted by atomic mass is 16.7. The van der Waals surface area contributed by atoms with E-state index in [-0.39, 0.29) is 24.5 Å². The summed E-state index contributed by atoms with van der Waals surface area (Å²) >= 11 is 0. The maximum Gasteiger partial charge on any atom is 0.246 e. The van der Waals surface area contributed by atoms with Gasteiger partial charge in [-0.3, -0.25) is 4.79 Å². The number of likely N-dealkylation sites (N-methyl/N-ethyl adjacent to an activating group) is 1. The molecule has 6 heteroatoms. The van der Waals surface area contributed by atoms with E-state index < -0.39 is 18.5 Å². The molecule has 0 spiro atoms. The third kappa shape index (κ3) is 6.59. The average molecular weight is 329 g/mol. The van der Waals surface area contributed by atoms with Crippen LogP contribution in [0, 0.1) is 0 Å². The highest BCUT2D eigenvalue weighted by Crippen LogP contribution is 2.22. The largest absolute Gasteiger partial charge is 0.390 e. The molecule has 0 aliphatic carbocycles. The summed E-state index contributed by atoms with van der Waals surface area (Å²) in [4.78, 5) is 13.6. The van der Waals surface area contributed by atoms with Crippen molar-refractivity contribution in [2.45, 2.75) is 77.7 Å². The van der Waals surface area contributed by atoms with E-state index in [9.17, 15) is 15.0 Å². The van der Waals surface area contributed by atoms with Crippen LogP contribution < -0.4 is 0 Å². The first-order chi connectivity index (χ1) is 10.9. The number of aliphatic hydroxyl groups excluding tert-OH is 2. The van der Waals surface area contributed by atoms with Gasteiger partial charge in [-0.2, -0.15) is 0 Å². The van der Waals surface area contributed by atoms with E-state index in [1.54, 1.807) is 17.9 Å². The third-order valence-corrected chi connectivity index (χ3v) is 4.13. The van der Waals surface area contributed by atoms with E-state index in [2.05, 4.69) is 0 Å². The molecule has 0 aromatic heterocycles. The van der Waals surface area contributed by atoms with E-state index in [0.717, 1.165) is 12.8 Å². The molecule has 134 valence electrons. The van der Waals surface area contributed by atoms with Crippen molar-refractivity contribution in [3.05, 3.63) is 12.2 Å². The van der Waals surface area contributed by atoms with Gasteiger partial charge in [0.1, 0.15) is 6.10 Å². The Labute approximate surface area is 139 Å². The van der Waals surface area contributed by atoms with Gasteiger partial charge in [0.25, 0.3) is 0 Å². The molecular weight excluding hydrogens is 298 g/mol. The Morgan fingerprint density at radius 3 is 2.61 bits per heavy atom. The second-order valence-corrected chi connectivity index (χ2v) is 6.02. The van der Waals surface area contributed by atoms with Gasteiger partial charge in [0.2, 0.25) is 5.91 Å². The van der Waals surface area contributed by atoms with Crippen LogP contribution in [-0.2, 0) is 14.3 Å². The van der Waals surface area contributed by atoms with Gasteiger partial charge >= 0.3 is 0 Å². The summed E-state index contributed by atoms with van der Waals surface area (Å²) in [7, 11) is 0. The fraction of sp³-hybridized carbons (Fsp3) is 0.824. The molecule has 23 heavy (non-hydrogen) atoms. The predicted octanol–water partition coefficient (Wildman–Crippen LogP) is 1.45. The molecule has 1 unspecified atom stereocenters. The zero-order valence-corrected chi connectivity index (χ0v) is 14.6. The fourth-order valence-corrected chi connectivity index (χ4v) is 2.52. The molecule has 0 bridgehead atoms. The van der Waals surface area contributed by atoms with E-state index in [4.69, 9.17) is 9.47 Å². The van der Waals surface area contributed by atoms with Crippen molar-refractivity contribution in [3.63, 3.8) is 0 Å². The Morgan fingerprint density at radius 1 is 1.35 bits per heavy atom. The lowest BCUT2D eigenvalue weighted by molar-refractivity contribution is -0.273. The molecule has 2 N–H and O–H groups in total. The summed E-state index contributed by atoms with van der Waals surface area (Å²) in [5.41, 5.74) is 0. The maximum atomic E-state index is 11.8. The van der Waals surface area contributed by atoms with Crippen LogP contribution in [0.2, 0.25) is 0 Å². The Balaban J connectivity index is 2.31. The number of carbonyl (C=O) groups excluding carboxylic acids is 1. The van der Waals surface area contributed by atoms with Crippen LogP contribution in [0.25, 0.3) is 0 Å². The summed E-state index contributed by atoms with van der Waals surface area (Å²) in [6.45, 7) is 9.00. The Bertz CT molecular complexity index is 383. The van der Waals surface area contributed by atoms with Gasteiger partial charge in [0.05, 0.1) is 18.3 Å². The van der Waals surface area contributed by atoms with Gasteiger partial charge in [-0.1, -0.05) is 6.08 Å². The summed E-state index contributed by atoms with van der Waals surface area (Å²) in [6.07, 6.45) is 2.53. The quantitative estimate of drug-likeness (QED) is 0.659. The third-order valence-electron chi connectivity index (χ3n) is 4.13. The minimum atomic E-state index is -0.816. The first-order valence-electron chi connectivity index (χ1n) is 8.51. The molecule has 0 radical (unpaired) electrons. The minimum absolute atomic E-state index is 0.0254. The van der Waals surface area contributed by atoms with Crippen molar-refractivity contribution in [1.29, 1.82) is 0 Å². The number of aliphatic hydroxyl groups is 2. The van der Waals surface area contributed by atoms with Crippen molar-refractivity contribution >= 4 is 5.91 Å². The maximum absolute atomic E-state index is 11.8. The Kier molecular flexibility index (Phi) is 8.76. The molecule has 1 amide bonds. The second kappa shape index (κ2) is 10.0. The van der Waals surface area contributed by atoms with Crippen LogP contribution in [0.3, 0.4) is 0 Å². The molecule has 1 rings (SSSR count). The summed E-state index contributed by atoms with van der Waals surface area (Å²) < 4.78 is 11.2. The molecule has 1 aliphatic heterocycles. The van der Waals surface area contributed by atoms with Gasteiger partial charge < -0.3 is 24.6 Å². The molecule has 0 aromatic rings. The molecule has 6 nitrogen and oxygen atoms in total. The van der Waals surface area contributed by atoms with Crippen LogP contribution in [-0.4, -0.2) is 64.8 Å². The molecule has 1 saturated heterocycles. The monoisotopic (exact) mass is 329 g/mol. The van der Waals surface area contributed by atoms with Crippen LogP contribution in [0.1, 0.15) is 47.0 Å². The SMILES string of the molecule is CCN(CC)C(=O)/C=C/CC[C@@H](C)OC1O[C@@H](C)[C@H](O)C[C@H]1O. The number of amides is 1. The van der Waals surface area contributed by atoms with E-state index in [1.165, 1.54) is 0 Å². The van der Waals surface area contributed by atoms with Gasteiger partial charge in [-0.05, 0) is 46.6 Å². The van der Waals surface area contributed by atoms with Crippen LogP contribution in [0.5, 0.6) is 0 Å². The Morgan fingerprint density at radius 2 is 2.00 bits per heavy atom. The summed E-state index contributed by atoms with van der Waals surface area (Å²) in [6, 6.07) is 0. The van der Waals surface area contributed by atoms with Crippen LogP contribution in [0.15, 0.2) is 12.2 Å². The normalized spacial score (nSPS) is 29.7. The first-order valence-corrected chi connectivity index (χ1v) is 8.51. The van der Waals surface area contributed by atoms with Crippen molar-refractivity contribution in [2.24, 2.45) is 0 Å².